The zero-order valence-corrected chi connectivity index (χ0v) is 15.3. The Bertz CT molecular complexity index is 1260. The third kappa shape index (κ3) is 2.69. The summed E-state index contributed by atoms with van der Waals surface area (Å²) in [6.07, 6.45) is 1.85. The third-order valence-electron chi connectivity index (χ3n) is 5.09. The molecule has 1 aliphatic rings. The van der Waals surface area contributed by atoms with Crippen molar-refractivity contribution < 1.29 is 9.53 Å². The van der Waals surface area contributed by atoms with Gasteiger partial charge in [-0.15, -0.1) is 0 Å². The number of fused-ring (bicyclic) bond motifs is 2. The van der Waals surface area contributed by atoms with E-state index in [0.717, 1.165) is 38.2 Å². The van der Waals surface area contributed by atoms with Gasteiger partial charge in [0.25, 0.3) is 0 Å². The summed E-state index contributed by atoms with van der Waals surface area (Å²) in [5.74, 6) is -0.0610. The first-order valence-electron chi connectivity index (χ1n) is 9.20. The lowest BCUT2D eigenvalue weighted by atomic mass is 9.96. The second kappa shape index (κ2) is 6.46. The topological polar surface area (TPSA) is 38.7 Å². The third-order valence-corrected chi connectivity index (χ3v) is 5.09. The van der Waals surface area contributed by atoms with Crippen LogP contribution in [-0.2, 0) is 9.53 Å². The van der Waals surface area contributed by atoms with Crippen LogP contribution in [0.3, 0.4) is 0 Å². The molecule has 3 heteroatoms. The fourth-order valence-electron chi connectivity index (χ4n) is 3.68. The number of rotatable bonds is 2. The van der Waals surface area contributed by atoms with Crippen LogP contribution in [0.5, 0.6) is 0 Å². The van der Waals surface area contributed by atoms with Gasteiger partial charge >= 0.3 is 5.97 Å². The number of esters is 1. The summed E-state index contributed by atoms with van der Waals surface area (Å²) in [6.45, 7) is 1.98. The second-order valence-corrected chi connectivity index (χ2v) is 6.88. The highest BCUT2D eigenvalue weighted by atomic mass is 16.6. The van der Waals surface area contributed by atoms with Crippen molar-refractivity contribution >= 4 is 39.5 Å². The van der Waals surface area contributed by atoms with Gasteiger partial charge in [-0.25, -0.2) is 9.79 Å². The lowest BCUT2D eigenvalue weighted by Crippen LogP contribution is -2.06. The van der Waals surface area contributed by atoms with Gasteiger partial charge in [0.05, 0.1) is 0 Å². The number of carbonyl (C=O) groups excluding carboxylic acids is 1. The largest absolute Gasteiger partial charge is 0.402 e. The van der Waals surface area contributed by atoms with Gasteiger partial charge in [0.15, 0.2) is 5.70 Å². The molecule has 28 heavy (non-hydrogen) atoms. The molecule has 3 nitrogen and oxygen atoms in total. The summed E-state index contributed by atoms with van der Waals surface area (Å²) in [5.41, 5.74) is 3.16. The first-order chi connectivity index (χ1) is 13.7. The first kappa shape index (κ1) is 16.5. The molecule has 4 aromatic carbocycles. The maximum atomic E-state index is 12.5. The number of nitrogens with zero attached hydrogens (tertiary/aromatic N) is 1. The van der Waals surface area contributed by atoms with Crippen molar-refractivity contribution in [3.05, 3.63) is 101 Å². The van der Waals surface area contributed by atoms with E-state index >= 15 is 0 Å². The van der Waals surface area contributed by atoms with Crippen molar-refractivity contribution in [1.82, 2.24) is 0 Å². The van der Waals surface area contributed by atoms with E-state index in [-0.39, 0.29) is 0 Å². The molecule has 0 fully saturated rings. The van der Waals surface area contributed by atoms with Gasteiger partial charge in [-0.2, -0.15) is 0 Å². The zero-order valence-electron chi connectivity index (χ0n) is 15.3. The highest BCUT2D eigenvalue weighted by molar-refractivity contribution is 6.15. The van der Waals surface area contributed by atoms with Gasteiger partial charge in [-0.1, -0.05) is 66.7 Å². The molecule has 4 aromatic rings. The Morgan fingerprint density at radius 1 is 0.821 bits per heavy atom. The summed E-state index contributed by atoms with van der Waals surface area (Å²) in [6, 6.07) is 26.3. The van der Waals surface area contributed by atoms with Gasteiger partial charge in [-0.3, -0.25) is 0 Å². The van der Waals surface area contributed by atoms with Gasteiger partial charge in [0, 0.05) is 5.56 Å². The summed E-state index contributed by atoms with van der Waals surface area (Å²) < 4.78 is 5.48. The van der Waals surface area contributed by atoms with Crippen LogP contribution in [0.15, 0.2) is 89.6 Å². The highest BCUT2D eigenvalue weighted by Gasteiger charge is 2.25. The molecule has 0 saturated carbocycles. The molecule has 134 valence electrons. The second-order valence-electron chi connectivity index (χ2n) is 6.88. The number of hydrogen-bond donors (Lipinski definition) is 0. The molecule has 0 aromatic heterocycles. The fraction of sp³-hybridized carbons (Fsp3) is 0.0400. The van der Waals surface area contributed by atoms with Crippen LogP contribution < -0.4 is 0 Å². The number of aliphatic imine (C=N–C) groups is 1. The lowest BCUT2D eigenvalue weighted by molar-refractivity contribution is -0.129. The van der Waals surface area contributed by atoms with Gasteiger partial charge < -0.3 is 4.74 Å². The Kier molecular flexibility index (Phi) is 3.80. The number of cyclic esters (lactones) is 1. The summed E-state index contributed by atoms with van der Waals surface area (Å²) >= 11 is 0. The molecule has 0 N–H and O–H groups in total. The van der Waals surface area contributed by atoms with Crippen LogP contribution in [0.1, 0.15) is 16.7 Å². The van der Waals surface area contributed by atoms with E-state index in [9.17, 15) is 4.79 Å². The minimum atomic E-state index is -0.421. The normalized spacial score (nSPS) is 15.2. The van der Waals surface area contributed by atoms with Crippen molar-refractivity contribution in [2.45, 2.75) is 6.92 Å². The van der Waals surface area contributed by atoms with Gasteiger partial charge in [-0.05, 0) is 57.8 Å². The monoisotopic (exact) mass is 363 g/mol. The molecule has 0 aliphatic carbocycles. The molecule has 0 radical (unpaired) electrons. The average molecular weight is 363 g/mol. The number of carbonyl (C=O) groups is 1. The molecule has 1 heterocycles. The molecule has 0 bridgehead atoms. The molecule has 0 saturated heterocycles. The Labute approximate surface area is 162 Å². The predicted octanol–water partition coefficient (Wildman–Crippen LogP) is 5.65. The molecule has 0 unspecified atom stereocenters. The molecular formula is C25H17NO2. The highest BCUT2D eigenvalue weighted by Crippen LogP contribution is 2.31. The van der Waals surface area contributed by atoms with E-state index in [1.807, 2.05) is 61.5 Å². The Morgan fingerprint density at radius 3 is 2.11 bits per heavy atom. The molecule has 1 aliphatic heterocycles. The van der Waals surface area contributed by atoms with Gasteiger partial charge in [0.1, 0.15) is 0 Å². The maximum Gasteiger partial charge on any atom is 0.363 e. The minimum absolute atomic E-state index is 0.319. The van der Waals surface area contributed by atoms with Crippen molar-refractivity contribution in [3.63, 3.8) is 0 Å². The SMILES string of the molecule is Cc1ccccc1C1=NC(=Cc2c3ccccc3cc3ccccc23)C(=O)O1. The van der Waals surface area contributed by atoms with Crippen LogP contribution in [0.25, 0.3) is 27.6 Å². The molecule has 0 spiro atoms. The van der Waals surface area contributed by atoms with Crippen molar-refractivity contribution in [2.75, 3.05) is 0 Å². The van der Waals surface area contributed by atoms with Crippen molar-refractivity contribution in [2.24, 2.45) is 4.99 Å². The summed E-state index contributed by atoms with van der Waals surface area (Å²) in [7, 11) is 0. The smallest absolute Gasteiger partial charge is 0.363 e. The number of benzene rings is 4. The minimum Gasteiger partial charge on any atom is -0.402 e. The van der Waals surface area contributed by atoms with E-state index in [0.29, 0.717) is 11.6 Å². The fourth-order valence-corrected chi connectivity index (χ4v) is 3.68. The molecular weight excluding hydrogens is 346 g/mol. The van der Waals surface area contributed by atoms with Crippen LogP contribution in [0.4, 0.5) is 0 Å². The van der Waals surface area contributed by atoms with Crippen molar-refractivity contribution in [3.8, 4) is 0 Å². The van der Waals surface area contributed by atoms with Crippen LogP contribution >= 0.6 is 0 Å². The quantitative estimate of drug-likeness (QED) is 0.262. The van der Waals surface area contributed by atoms with E-state index in [1.54, 1.807) is 0 Å². The Balaban J connectivity index is 1.73. The molecule has 0 atom stereocenters. The lowest BCUT2D eigenvalue weighted by Gasteiger charge is -2.08. The summed E-state index contributed by atoms with van der Waals surface area (Å²) in [5, 5.41) is 4.42. The van der Waals surface area contributed by atoms with E-state index in [4.69, 9.17) is 4.74 Å². The zero-order chi connectivity index (χ0) is 19.1. The average Bonchev–Trinajstić information content (AvgIpc) is 3.08. The van der Waals surface area contributed by atoms with Crippen LogP contribution in [-0.4, -0.2) is 11.9 Å². The standard InChI is InChI=1S/C25H17NO2/c1-16-8-2-5-11-19(16)24-26-23(25(27)28-24)15-22-20-12-6-3-9-17(20)14-18-10-4-7-13-21(18)22/h2-15H,1H3. The summed E-state index contributed by atoms with van der Waals surface area (Å²) in [4.78, 5) is 17.1. The molecule has 5 rings (SSSR count). The first-order valence-corrected chi connectivity index (χ1v) is 9.20. The van der Waals surface area contributed by atoms with E-state index in [1.165, 1.54) is 0 Å². The number of ether oxygens (including phenoxy) is 1. The predicted molar refractivity (Wildman–Crippen MR) is 113 cm³/mol. The van der Waals surface area contributed by atoms with Crippen molar-refractivity contribution in [1.29, 1.82) is 0 Å². The van der Waals surface area contributed by atoms with E-state index in [2.05, 4.69) is 35.3 Å². The van der Waals surface area contributed by atoms with Crippen LogP contribution in [0, 0.1) is 6.92 Å². The van der Waals surface area contributed by atoms with E-state index < -0.39 is 5.97 Å². The molecule has 0 amide bonds. The Morgan fingerprint density at radius 2 is 1.43 bits per heavy atom. The van der Waals surface area contributed by atoms with Gasteiger partial charge in [0.2, 0.25) is 5.90 Å². The van der Waals surface area contributed by atoms with Crippen LogP contribution in [0.2, 0.25) is 0 Å². The maximum absolute atomic E-state index is 12.5. The number of aryl methyl sites for hydroxylation is 1. The number of hydrogen-bond acceptors (Lipinski definition) is 3. The Hall–Kier alpha value is -3.72.